The van der Waals surface area contributed by atoms with Gasteiger partial charge in [0.1, 0.15) is 0 Å². The number of imidazole rings is 1. The Hall–Kier alpha value is -2.45. The number of nitrogens with zero attached hydrogens (tertiary/aromatic N) is 4. The Labute approximate surface area is 187 Å². The molecule has 0 saturated carbocycles. The van der Waals surface area contributed by atoms with Gasteiger partial charge >= 0.3 is 0 Å². The maximum atomic E-state index is 12.6. The monoisotopic (exact) mass is 441 g/mol. The van der Waals surface area contributed by atoms with Crippen molar-refractivity contribution in [3.63, 3.8) is 0 Å². The van der Waals surface area contributed by atoms with Gasteiger partial charge in [0.15, 0.2) is 0 Å². The fraction of sp³-hybridized carbons (Fsp3) is 0.522. The van der Waals surface area contributed by atoms with E-state index in [1.807, 2.05) is 24.6 Å². The van der Waals surface area contributed by atoms with Crippen LogP contribution in [0.25, 0.3) is 16.2 Å². The quantitative estimate of drug-likeness (QED) is 0.537. The predicted molar refractivity (Wildman–Crippen MR) is 125 cm³/mol. The van der Waals surface area contributed by atoms with Crippen LogP contribution in [0.2, 0.25) is 0 Å². The molecule has 166 valence electrons. The van der Waals surface area contributed by atoms with Crippen LogP contribution in [0.1, 0.15) is 38.7 Å². The van der Waals surface area contributed by atoms with E-state index in [-0.39, 0.29) is 17.9 Å². The van der Waals surface area contributed by atoms with Crippen molar-refractivity contribution in [1.82, 2.24) is 19.9 Å². The topological polar surface area (TPSA) is 71.8 Å². The number of benzene rings is 1. The zero-order valence-corrected chi connectivity index (χ0v) is 19.3. The molecule has 2 aromatic heterocycles. The number of fused-ring (bicyclic) bond motifs is 1. The molecule has 1 saturated heterocycles. The molecule has 1 aliphatic heterocycles. The van der Waals surface area contributed by atoms with Gasteiger partial charge in [-0.3, -0.25) is 4.79 Å². The normalized spacial score (nSPS) is 16.9. The highest BCUT2D eigenvalue weighted by Crippen LogP contribution is 2.29. The molecule has 1 aliphatic rings. The first-order chi connectivity index (χ1) is 15.0. The number of ether oxygens (including phenoxy) is 1. The minimum absolute atomic E-state index is 0.000826. The van der Waals surface area contributed by atoms with Gasteiger partial charge in [-0.1, -0.05) is 41.2 Å². The molecule has 0 bridgehead atoms. The molecule has 3 aromatic rings. The molecule has 8 heteroatoms. The van der Waals surface area contributed by atoms with Gasteiger partial charge in [-0.25, -0.2) is 9.50 Å². The highest BCUT2D eigenvalue weighted by molar-refractivity contribution is 7.20. The molecular formula is C23H31N5O2S. The van der Waals surface area contributed by atoms with E-state index in [1.165, 1.54) is 5.56 Å². The van der Waals surface area contributed by atoms with E-state index in [1.54, 1.807) is 11.3 Å². The summed E-state index contributed by atoms with van der Waals surface area (Å²) in [5.74, 6) is 0.136. The van der Waals surface area contributed by atoms with E-state index in [0.717, 1.165) is 47.2 Å². The number of aryl methyl sites for hydroxylation is 1. The van der Waals surface area contributed by atoms with Crippen molar-refractivity contribution in [1.29, 1.82) is 0 Å². The molecular weight excluding hydrogens is 410 g/mol. The minimum Gasteiger partial charge on any atom is -0.379 e. The Morgan fingerprint density at radius 1 is 1.32 bits per heavy atom. The lowest BCUT2D eigenvalue weighted by molar-refractivity contribution is -0.125. The van der Waals surface area contributed by atoms with Crippen molar-refractivity contribution in [2.75, 3.05) is 31.1 Å². The molecule has 7 nitrogen and oxygen atoms in total. The number of nitrogens with one attached hydrogen (secondary N) is 1. The molecule has 0 aliphatic carbocycles. The average molecular weight is 442 g/mol. The van der Waals surface area contributed by atoms with Gasteiger partial charge in [-0.2, -0.15) is 0 Å². The van der Waals surface area contributed by atoms with Crippen LogP contribution < -0.4 is 10.2 Å². The number of hydrogen-bond acceptors (Lipinski definition) is 6. The third kappa shape index (κ3) is 5.43. The Balaban J connectivity index is 1.35. The average Bonchev–Trinajstić information content (AvgIpc) is 3.33. The third-order valence-corrected chi connectivity index (χ3v) is 6.50. The second kappa shape index (κ2) is 9.78. The van der Waals surface area contributed by atoms with Gasteiger partial charge in [0.25, 0.3) is 0 Å². The highest BCUT2D eigenvalue weighted by atomic mass is 32.1. The maximum Gasteiger partial charge on any atom is 0.224 e. The molecule has 0 unspecified atom stereocenters. The van der Waals surface area contributed by atoms with Crippen molar-refractivity contribution in [2.24, 2.45) is 5.92 Å². The van der Waals surface area contributed by atoms with Crippen molar-refractivity contribution in [3.8, 4) is 11.3 Å². The zero-order valence-electron chi connectivity index (χ0n) is 18.5. The second-order valence-electron chi connectivity index (χ2n) is 8.45. The fourth-order valence-corrected chi connectivity index (χ4v) is 4.71. The molecule has 3 heterocycles. The van der Waals surface area contributed by atoms with Gasteiger partial charge in [0.2, 0.25) is 16.0 Å². The van der Waals surface area contributed by atoms with E-state index in [2.05, 4.69) is 41.4 Å². The molecule has 1 N–H and O–H groups in total. The van der Waals surface area contributed by atoms with E-state index in [9.17, 15) is 4.79 Å². The van der Waals surface area contributed by atoms with E-state index < -0.39 is 0 Å². The number of anilines is 1. The van der Waals surface area contributed by atoms with Crippen LogP contribution in [0, 0.1) is 12.8 Å². The maximum absolute atomic E-state index is 12.6. The molecule has 4 rings (SSSR count). The second-order valence-corrected chi connectivity index (χ2v) is 9.39. The molecule has 1 aromatic carbocycles. The Bertz CT molecular complexity index is 979. The summed E-state index contributed by atoms with van der Waals surface area (Å²) in [5.41, 5.74) is 3.26. The standard InChI is InChI=1S/C23H31N5O2S/c1-16(2)30-13-5-11-24-21(29)19-6-4-12-27(14-19)23-26-28-15-20(25-22(28)31-23)18-9-7-17(3)8-10-18/h7-10,15-16,19H,4-6,11-14H2,1-3H3,(H,24,29)/t19-/m0/s1. The molecule has 1 atom stereocenters. The predicted octanol–water partition coefficient (Wildman–Crippen LogP) is 3.91. The van der Waals surface area contributed by atoms with Crippen molar-refractivity contribution in [2.45, 2.75) is 46.1 Å². The van der Waals surface area contributed by atoms with Crippen LogP contribution in [0.5, 0.6) is 0 Å². The zero-order chi connectivity index (χ0) is 21.8. The number of aromatic nitrogens is 3. The summed E-state index contributed by atoms with van der Waals surface area (Å²) in [6.45, 7) is 9.09. The smallest absolute Gasteiger partial charge is 0.224 e. The highest BCUT2D eigenvalue weighted by Gasteiger charge is 2.27. The molecule has 0 radical (unpaired) electrons. The SMILES string of the molecule is Cc1ccc(-c2cn3nc(N4CCC[C@H](C(=O)NCCCOC(C)C)C4)sc3n2)cc1. The molecule has 1 amide bonds. The molecule has 1 fully saturated rings. The van der Waals surface area contributed by atoms with E-state index in [4.69, 9.17) is 14.8 Å². The number of hydrogen-bond donors (Lipinski definition) is 1. The van der Waals surface area contributed by atoms with Gasteiger partial charge in [0.05, 0.1) is 23.9 Å². The Morgan fingerprint density at radius 3 is 2.87 bits per heavy atom. The molecule has 31 heavy (non-hydrogen) atoms. The summed E-state index contributed by atoms with van der Waals surface area (Å²) in [6, 6.07) is 8.37. The van der Waals surface area contributed by atoms with Crippen LogP contribution in [-0.2, 0) is 9.53 Å². The lowest BCUT2D eigenvalue weighted by atomic mass is 9.97. The Morgan fingerprint density at radius 2 is 2.13 bits per heavy atom. The Kier molecular flexibility index (Phi) is 6.87. The summed E-state index contributed by atoms with van der Waals surface area (Å²) in [6.07, 6.45) is 4.96. The first-order valence-corrected chi connectivity index (χ1v) is 11.9. The van der Waals surface area contributed by atoms with Crippen molar-refractivity contribution >= 4 is 27.3 Å². The number of piperidine rings is 1. The van der Waals surface area contributed by atoms with Crippen LogP contribution in [0.15, 0.2) is 30.5 Å². The van der Waals surface area contributed by atoms with Crippen molar-refractivity contribution < 1.29 is 9.53 Å². The first kappa shape index (κ1) is 21.8. The van der Waals surface area contributed by atoms with Gasteiger partial charge in [-0.15, -0.1) is 5.10 Å². The van der Waals surface area contributed by atoms with Crippen LogP contribution in [0.4, 0.5) is 5.13 Å². The summed E-state index contributed by atoms with van der Waals surface area (Å²) in [5, 5.41) is 8.75. The fourth-order valence-electron chi connectivity index (χ4n) is 3.79. The summed E-state index contributed by atoms with van der Waals surface area (Å²) < 4.78 is 7.39. The summed E-state index contributed by atoms with van der Waals surface area (Å²) in [7, 11) is 0. The summed E-state index contributed by atoms with van der Waals surface area (Å²) >= 11 is 1.58. The van der Waals surface area contributed by atoms with Gasteiger partial charge in [0, 0.05) is 31.8 Å². The van der Waals surface area contributed by atoms with Crippen molar-refractivity contribution in [3.05, 3.63) is 36.0 Å². The summed E-state index contributed by atoms with van der Waals surface area (Å²) in [4.78, 5) is 20.5. The van der Waals surface area contributed by atoms with Gasteiger partial charge in [-0.05, 0) is 40.0 Å². The first-order valence-electron chi connectivity index (χ1n) is 11.1. The number of amides is 1. The lowest BCUT2D eigenvalue weighted by Gasteiger charge is -2.31. The molecule has 0 spiro atoms. The lowest BCUT2D eigenvalue weighted by Crippen LogP contribution is -2.43. The van der Waals surface area contributed by atoms with Crippen LogP contribution in [0.3, 0.4) is 0 Å². The largest absolute Gasteiger partial charge is 0.379 e. The van der Waals surface area contributed by atoms with Crippen LogP contribution in [-0.4, -0.2) is 52.9 Å². The number of rotatable bonds is 8. The van der Waals surface area contributed by atoms with Gasteiger partial charge < -0.3 is 15.0 Å². The van der Waals surface area contributed by atoms with E-state index in [0.29, 0.717) is 19.7 Å². The number of carbonyl (C=O) groups excluding carboxylic acids is 1. The minimum atomic E-state index is -0.000826. The van der Waals surface area contributed by atoms with Crippen LogP contribution >= 0.6 is 11.3 Å². The third-order valence-electron chi connectivity index (χ3n) is 5.51. The van der Waals surface area contributed by atoms with E-state index >= 15 is 0 Å². The number of carbonyl (C=O) groups is 1.